The zero-order valence-corrected chi connectivity index (χ0v) is 15.7. The van der Waals surface area contributed by atoms with E-state index in [0.717, 1.165) is 20.8 Å². The lowest BCUT2D eigenvalue weighted by Gasteiger charge is -1.82. The van der Waals surface area contributed by atoms with E-state index in [9.17, 15) is 28.8 Å². The lowest BCUT2D eigenvalue weighted by Crippen LogP contribution is -2.05. The van der Waals surface area contributed by atoms with Crippen molar-refractivity contribution in [2.45, 2.75) is 20.8 Å². The van der Waals surface area contributed by atoms with Crippen molar-refractivity contribution >= 4 is 45.2 Å². The molecule has 1 aromatic rings. The number of rotatable bonds is 3. The largest absolute Gasteiger partial charge is 0.508 e. The monoisotopic (exact) mass is 392 g/mol. The van der Waals surface area contributed by atoms with E-state index < -0.39 is 35.3 Å². The van der Waals surface area contributed by atoms with Crippen molar-refractivity contribution in [2.75, 3.05) is 0 Å². The van der Waals surface area contributed by atoms with Crippen LogP contribution < -0.4 is 0 Å². The maximum Gasteiger partial charge on any atom is 0.371 e. The summed E-state index contributed by atoms with van der Waals surface area (Å²) in [5, 5.41) is 31.6. The Morgan fingerprint density at radius 3 is 0.885 bits per heavy atom. The first-order chi connectivity index (χ1) is 11.3. The summed E-state index contributed by atoms with van der Waals surface area (Å²) >= 11 is 0. The number of carboxylic acids is 3. The molecular formula is C15H21O10P. The van der Waals surface area contributed by atoms with Crippen molar-refractivity contribution in [1.82, 2.24) is 0 Å². The van der Waals surface area contributed by atoms with Gasteiger partial charge in [0.25, 0.3) is 0 Å². The predicted octanol–water partition coefficient (Wildman–Crippen LogP) is 0.430. The van der Waals surface area contributed by atoms with Crippen LogP contribution in [0.3, 0.4) is 0 Å². The summed E-state index contributed by atoms with van der Waals surface area (Å²) in [5.41, 5.74) is 0. The van der Waals surface area contributed by atoms with Gasteiger partial charge in [0.2, 0.25) is 17.3 Å². The quantitative estimate of drug-likeness (QED) is 0.415. The minimum atomic E-state index is -1.38. The van der Waals surface area contributed by atoms with Crippen LogP contribution in [0.15, 0.2) is 30.3 Å². The number of aromatic hydroxyl groups is 1. The second-order valence-electron chi connectivity index (χ2n) is 3.92. The van der Waals surface area contributed by atoms with Gasteiger partial charge in [-0.3, -0.25) is 14.4 Å². The first-order valence-electron chi connectivity index (χ1n) is 6.28. The van der Waals surface area contributed by atoms with Gasteiger partial charge in [0, 0.05) is 20.8 Å². The summed E-state index contributed by atoms with van der Waals surface area (Å²) in [5.74, 6) is -6.29. The van der Waals surface area contributed by atoms with Gasteiger partial charge in [-0.1, -0.05) is 18.2 Å². The molecule has 1 unspecified atom stereocenters. The number of para-hydroxylation sites is 1. The number of phenolic OH excluding ortho intramolecular Hbond substituents is 1. The van der Waals surface area contributed by atoms with Crippen LogP contribution in [0.1, 0.15) is 20.8 Å². The fourth-order valence-electron chi connectivity index (χ4n) is 0.428. The molecule has 1 aromatic carbocycles. The van der Waals surface area contributed by atoms with Crippen LogP contribution in [0.2, 0.25) is 0 Å². The number of carboxylic acid groups (broad SMARTS) is 3. The number of carbonyl (C=O) groups is 6. The molecule has 0 aliphatic carbocycles. The normalized spacial score (nSPS) is 7.50. The molecule has 0 aromatic heterocycles. The predicted molar refractivity (Wildman–Crippen MR) is 94.2 cm³/mol. The van der Waals surface area contributed by atoms with Gasteiger partial charge in [-0.2, -0.15) is 9.90 Å². The Morgan fingerprint density at radius 2 is 0.808 bits per heavy atom. The van der Waals surface area contributed by atoms with Crippen LogP contribution in [0, 0.1) is 0 Å². The molecule has 1 atom stereocenters. The van der Waals surface area contributed by atoms with Crippen molar-refractivity contribution in [1.29, 1.82) is 0 Å². The third-order valence-corrected chi connectivity index (χ3v) is 1.66. The maximum atomic E-state index is 9.54. The first kappa shape index (κ1) is 30.7. The van der Waals surface area contributed by atoms with E-state index in [1.807, 2.05) is 6.07 Å². The van der Waals surface area contributed by atoms with Crippen molar-refractivity contribution in [3.63, 3.8) is 0 Å². The van der Waals surface area contributed by atoms with Gasteiger partial charge in [0.05, 0.1) is 0 Å². The van der Waals surface area contributed by atoms with E-state index in [1.165, 1.54) is 0 Å². The van der Waals surface area contributed by atoms with Gasteiger partial charge in [-0.05, 0) is 12.1 Å². The molecule has 0 radical (unpaired) electrons. The molecule has 10 nitrogen and oxygen atoms in total. The standard InChI is InChI=1S/C6H6O.3C3H4O3.H3P/c7-6-4-2-1-3-5-6;3*1-2(4)3(5)6;/h1-5,7H;3*1H3,(H,5,6);1H3. The first-order valence-corrected chi connectivity index (χ1v) is 6.28. The highest BCUT2D eigenvalue weighted by atomic mass is 31.0. The summed E-state index contributed by atoms with van der Waals surface area (Å²) in [6, 6.07) is 8.71. The molecular weight excluding hydrogens is 371 g/mol. The average Bonchev–Trinajstić information content (AvgIpc) is 2.49. The molecule has 11 heteroatoms. The summed E-state index contributed by atoms with van der Waals surface area (Å²) in [4.78, 5) is 56.7. The van der Waals surface area contributed by atoms with Crippen LogP contribution in [0.4, 0.5) is 0 Å². The fourth-order valence-corrected chi connectivity index (χ4v) is 0.428. The number of hydrogen-bond acceptors (Lipinski definition) is 7. The molecule has 0 heterocycles. The van der Waals surface area contributed by atoms with Crippen molar-refractivity contribution in [2.24, 2.45) is 0 Å². The third-order valence-electron chi connectivity index (χ3n) is 1.66. The van der Waals surface area contributed by atoms with Crippen LogP contribution >= 0.6 is 9.90 Å². The second-order valence-corrected chi connectivity index (χ2v) is 3.92. The van der Waals surface area contributed by atoms with Gasteiger partial charge >= 0.3 is 17.9 Å². The van der Waals surface area contributed by atoms with Crippen molar-refractivity contribution in [3.8, 4) is 5.75 Å². The molecule has 0 bridgehead atoms. The zero-order valence-electron chi connectivity index (χ0n) is 14.3. The van der Waals surface area contributed by atoms with Crippen LogP contribution in [-0.2, 0) is 28.8 Å². The van der Waals surface area contributed by atoms with E-state index in [2.05, 4.69) is 0 Å². The summed E-state index contributed by atoms with van der Waals surface area (Å²) in [6.07, 6.45) is 0. The zero-order chi connectivity index (χ0) is 20.6. The Morgan fingerprint density at radius 1 is 0.615 bits per heavy atom. The Hall–Kier alpha value is -3.13. The Labute approximate surface area is 152 Å². The van der Waals surface area contributed by atoms with E-state index >= 15 is 0 Å². The van der Waals surface area contributed by atoms with Crippen LogP contribution in [-0.4, -0.2) is 55.7 Å². The topological polar surface area (TPSA) is 183 Å². The number of aliphatic carboxylic acids is 3. The molecule has 0 amide bonds. The van der Waals surface area contributed by atoms with Gasteiger partial charge in [0.15, 0.2) is 0 Å². The van der Waals surface area contributed by atoms with E-state index in [-0.39, 0.29) is 9.90 Å². The van der Waals surface area contributed by atoms with Crippen molar-refractivity contribution < 1.29 is 49.2 Å². The molecule has 0 spiro atoms. The number of hydrogen-bond donors (Lipinski definition) is 4. The highest BCUT2D eigenvalue weighted by molar-refractivity contribution is 6.92. The third kappa shape index (κ3) is 29.0. The summed E-state index contributed by atoms with van der Waals surface area (Å²) < 4.78 is 0. The second kappa shape index (κ2) is 18.2. The molecule has 0 saturated heterocycles. The number of phenols is 1. The molecule has 0 aliphatic heterocycles. The SMILES string of the molecule is CC(=O)C(=O)O.CC(=O)C(=O)O.CC(=O)C(=O)O.Oc1ccccc1.P. The number of carbonyl (C=O) groups excluding carboxylic acids is 3. The molecule has 0 fully saturated rings. The number of benzene rings is 1. The number of Topliss-reactive ketones (excluding diaryl/α,β-unsaturated/α-hetero) is 3. The smallest absolute Gasteiger partial charge is 0.371 e. The average molecular weight is 392 g/mol. The van der Waals surface area contributed by atoms with Crippen molar-refractivity contribution in [3.05, 3.63) is 30.3 Å². The fraction of sp³-hybridized carbons (Fsp3) is 0.200. The van der Waals surface area contributed by atoms with Crippen LogP contribution in [0.5, 0.6) is 5.75 Å². The molecule has 0 aliphatic rings. The van der Waals surface area contributed by atoms with Crippen LogP contribution in [0.25, 0.3) is 0 Å². The van der Waals surface area contributed by atoms with Gasteiger partial charge < -0.3 is 20.4 Å². The molecule has 146 valence electrons. The Bertz CT molecular complexity index is 517. The maximum absolute atomic E-state index is 9.54. The molecule has 26 heavy (non-hydrogen) atoms. The lowest BCUT2D eigenvalue weighted by molar-refractivity contribution is -0.148. The van der Waals surface area contributed by atoms with Gasteiger partial charge in [0.1, 0.15) is 5.75 Å². The van der Waals surface area contributed by atoms with E-state index in [4.69, 9.17) is 20.4 Å². The van der Waals surface area contributed by atoms with E-state index in [1.54, 1.807) is 24.3 Å². The molecule has 4 N–H and O–H groups in total. The van der Waals surface area contributed by atoms with E-state index in [0.29, 0.717) is 5.75 Å². The highest BCUT2D eigenvalue weighted by Crippen LogP contribution is 2.02. The Balaban J connectivity index is -0.000000123. The van der Waals surface area contributed by atoms with Gasteiger partial charge in [-0.15, -0.1) is 0 Å². The Kier molecular flexibility index (Phi) is 21.5. The summed E-state index contributed by atoms with van der Waals surface area (Å²) in [7, 11) is 0. The molecule has 0 saturated carbocycles. The highest BCUT2D eigenvalue weighted by Gasteiger charge is 1.99. The molecule has 1 rings (SSSR count). The summed E-state index contributed by atoms with van der Waals surface area (Å²) in [6.45, 7) is 3.01. The lowest BCUT2D eigenvalue weighted by atomic mass is 10.3. The minimum Gasteiger partial charge on any atom is -0.508 e. The number of ketones is 3. The minimum absolute atomic E-state index is 0. The van der Waals surface area contributed by atoms with Gasteiger partial charge in [-0.25, -0.2) is 14.4 Å².